The topological polar surface area (TPSA) is 133 Å². The van der Waals surface area contributed by atoms with Crippen LogP contribution in [0, 0.1) is 17.0 Å². The highest BCUT2D eigenvalue weighted by Gasteiger charge is 2.56. The van der Waals surface area contributed by atoms with E-state index in [0.717, 1.165) is 6.07 Å². The molecule has 1 aromatic heterocycles. The van der Waals surface area contributed by atoms with Gasteiger partial charge in [-0.15, -0.1) is 0 Å². The number of rotatable bonds is 7. The van der Waals surface area contributed by atoms with Gasteiger partial charge in [0, 0.05) is 37.1 Å². The molecule has 202 valence electrons. The number of carbonyl (C=O) groups excluding carboxylic acids is 3. The van der Waals surface area contributed by atoms with Gasteiger partial charge in [0.05, 0.1) is 11.8 Å². The first-order chi connectivity index (χ1) is 18.7. The summed E-state index contributed by atoms with van der Waals surface area (Å²) >= 11 is 0. The van der Waals surface area contributed by atoms with E-state index in [1.165, 1.54) is 59.6 Å². The van der Waals surface area contributed by atoms with Gasteiger partial charge in [0.2, 0.25) is 11.8 Å². The number of nitrogens with one attached hydrogen (secondary N) is 3. The van der Waals surface area contributed by atoms with Crippen molar-refractivity contribution in [1.29, 1.82) is 0 Å². The normalized spacial score (nSPS) is 17.3. The second kappa shape index (κ2) is 10.7. The number of anilines is 3. The Morgan fingerprint density at radius 1 is 0.949 bits per heavy atom. The van der Waals surface area contributed by atoms with Gasteiger partial charge in [0.25, 0.3) is 0 Å². The third-order valence-corrected chi connectivity index (χ3v) is 6.56. The fourth-order valence-corrected chi connectivity index (χ4v) is 4.16. The molecule has 0 radical (unpaired) electrons. The monoisotopic (exact) mass is 537 g/mol. The van der Waals surface area contributed by atoms with E-state index in [1.807, 2.05) is 0 Å². The van der Waals surface area contributed by atoms with E-state index >= 15 is 0 Å². The Morgan fingerprint density at radius 3 is 2.33 bits per heavy atom. The van der Waals surface area contributed by atoms with E-state index in [1.54, 1.807) is 0 Å². The number of hydrogen-bond acceptors (Lipinski definition) is 6. The van der Waals surface area contributed by atoms with E-state index in [2.05, 4.69) is 20.9 Å². The third kappa shape index (κ3) is 5.96. The van der Waals surface area contributed by atoms with Gasteiger partial charge in [-0.3, -0.25) is 14.9 Å². The van der Waals surface area contributed by atoms with Crippen molar-refractivity contribution in [3.8, 4) is 11.5 Å². The van der Waals surface area contributed by atoms with Gasteiger partial charge >= 0.3 is 6.03 Å². The minimum Gasteiger partial charge on any atom is -0.457 e. The first kappa shape index (κ1) is 26.0. The summed E-state index contributed by atoms with van der Waals surface area (Å²) in [6, 6.07) is 11.6. The third-order valence-electron chi connectivity index (χ3n) is 6.56. The highest BCUT2D eigenvalue weighted by atomic mass is 19.1. The highest BCUT2D eigenvalue weighted by Crippen LogP contribution is 2.47. The van der Waals surface area contributed by atoms with Crippen LogP contribution in [0.15, 0.2) is 60.8 Å². The molecule has 3 aromatic rings. The van der Waals surface area contributed by atoms with Gasteiger partial charge in [-0.05, 0) is 61.7 Å². The number of aromatic nitrogens is 1. The lowest BCUT2D eigenvalue weighted by Gasteiger charge is -2.17. The minimum absolute atomic E-state index is 0.122. The summed E-state index contributed by atoms with van der Waals surface area (Å²) in [5, 5.41) is 17.3. The largest absolute Gasteiger partial charge is 0.457 e. The predicted octanol–water partition coefficient (Wildman–Crippen LogP) is 4.11. The maximum atomic E-state index is 14.8. The van der Waals surface area contributed by atoms with Crippen LogP contribution in [0.4, 0.5) is 30.8 Å². The van der Waals surface area contributed by atoms with Crippen molar-refractivity contribution >= 4 is 35.0 Å². The van der Waals surface area contributed by atoms with Crippen LogP contribution in [0.3, 0.4) is 0 Å². The Hall–Kier alpha value is -4.58. The van der Waals surface area contributed by atoms with Gasteiger partial charge in [-0.1, -0.05) is 0 Å². The van der Waals surface area contributed by atoms with E-state index in [4.69, 9.17) is 4.74 Å². The van der Waals surface area contributed by atoms with Crippen molar-refractivity contribution < 1.29 is 33.0 Å². The number of amides is 4. The van der Waals surface area contributed by atoms with E-state index in [-0.39, 0.29) is 29.5 Å². The first-order valence-corrected chi connectivity index (χ1v) is 12.3. The number of ether oxygens (including phenoxy) is 1. The molecule has 1 saturated heterocycles. The van der Waals surface area contributed by atoms with E-state index in [9.17, 15) is 28.3 Å². The first-order valence-electron chi connectivity index (χ1n) is 12.3. The fraction of sp³-hybridized carbons (Fsp3) is 0.259. The van der Waals surface area contributed by atoms with Gasteiger partial charge in [0.15, 0.2) is 0 Å². The zero-order chi connectivity index (χ0) is 27.6. The number of urea groups is 1. The molecular weight excluding hydrogens is 512 g/mol. The summed E-state index contributed by atoms with van der Waals surface area (Å²) < 4.78 is 33.6. The fourth-order valence-electron chi connectivity index (χ4n) is 4.16. The molecule has 5 rings (SSSR count). The molecule has 12 heteroatoms. The molecule has 1 aliphatic carbocycles. The van der Waals surface area contributed by atoms with Crippen LogP contribution in [0.25, 0.3) is 0 Å². The average molecular weight is 538 g/mol. The second-order valence-electron chi connectivity index (χ2n) is 9.44. The molecule has 2 heterocycles. The van der Waals surface area contributed by atoms with Gasteiger partial charge in [0.1, 0.15) is 34.4 Å². The Morgan fingerprint density at radius 2 is 1.67 bits per heavy atom. The van der Waals surface area contributed by atoms with Crippen LogP contribution in [-0.2, 0) is 9.59 Å². The number of carbonyl (C=O) groups is 3. The van der Waals surface area contributed by atoms with Crippen molar-refractivity contribution in [2.45, 2.75) is 25.4 Å². The number of benzene rings is 2. The maximum absolute atomic E-state index is 14.8. The maximum Gasteiger partial charge on any atom is 0.323 e. The molecule has 1 aliphatic heterocycles. The molecule has 2 aromatic carbocycles. The van der Waals surface area contributed by atoms with Crippen LogP contribution in [0.2, 0.25) is 0 Å². The summed E-state index contributed by atoms with van der Waals surface area (Å²) in [5.41, 5.74) is -1.10. The molecule has 2 fully saturated rings. The van der Waals surface area contributed by atoms with Crippen LogP contribution < -0.4 is 20.7 Å². The minimum atomic E-state index is -1.33. The number of likely N-dealkylation sites (tertiary alicyclic amines) is 1. The van der Waals surface area contributed by atoms with E-state index in [0.29, 0.717) is 31.5 Å². The van der Waals surface area contributed by atoms with Crippen LogP contribution in [0.5, 0.6) is 11.5 Å². The Balaban J connectivity index is 1.19. The number of β-amino-alcohol motifs (C(OH)–C–C–N with tert-alkyl or cyclic N) is 1. The Labute approximate surface area is 222 Å². The lowest BCUT2D eigenvalue weighted by atomic mass is 10.0. The molecule has 1 saturated carbocycles. The van der Waals surface area contributed by atoms with Gasteiger partial charge in [-0.2, -0.15) is 0 Å². The van der Waals surface area contributed by atoms with Crippen LogP contribution >= 0.6 is 0 Å². The number of halogens is 2. The highest BCUT2D eigenvalue weighted by molar-refractivity contribution is 6.16. The summed E-state index contributed by atoms with van der Waals surface area (Å²) in [7, 11) is 0. The van der Waals surface area contributed by atoms with Crippen molar-refractivity contribution in [3.63, 3.8) is 0 Å². The molecule has 1 atom stereocenters. The number of aliphatic hydroxyl groups excluding tert-OH is 1. The molecule has 4 N–H and O–H groups in total. The number of pyridine rings is 1. The summed E-state index contributed by atoms with van der Waals surface area (Å²) in [6.45, 7) is 0.676. The smallest absolute Gasteiger partial charge is 0.323 e. The molecule has 2 aliphatic rings. The lowest BCUT2D eigenvalue weighted by molar-refractivity contribution is -0.131. The van der Waals surface area contributed by atoms with Crippen LogP contribution in [-0.4, -0.2) is 52.0 Å². The molecule has 10 nitrogen and oxygen atoms in total. The summed E-state index contributed by atoms with van der Waals surface area (Å²) in [4.78, 5) is 43.4. The van der Waals surface area contributed by atoms with Crippen molar-refractivity contribution in [2.24, 2.45) is 5.41 Å². The summed E-state index contributed by atoms with van der Waals surface area (Å²) in [6.07, 6.45) is 1.98. The lowest BCUT2D eigenvalue weighted by Crippen LogP contribution is -2.35. The second-order valence-corrected chi connectivity index (χ2v) is 9.44. The molecule has 4 amide bonds. The van der Waals surface area contributed by atoms with Gasteiger partial charge < -0.3 is 25.4 Å². The molecule has 0 spiro atoms. The standard InChI is InChI=1S/C27H25F2N5O5/c28-16-1-3-17(4-2-16)31-24(36)27(9-10-27)25(37)32-22-6-5-19(13-21(22)29)39-20-7-11-30-23(14-20)33-26(38)34-12-8-18(35)15-34/h1-7,11,13-14,18,35H,8-10,12,15H2,(H,31,36)(H,32,37)(H,30,33,38). The van der Waals surface area contributed by atoms with Crippen molar-refractivity contribution in [3.05, 3.63) is 72.4 Å². The quantitative estimate of drug-likeness (QED) is 0.336. The predicted molar refractivity (Wildman–Crippen MR) is 137 cm³/mol. The summed E-state index contributed by atoms with van der Waals surface area (Å²) in [5.74, 6) is -1.78. The molecule has 0 bridgehead atoms. The Bertz CT molecular complexity index is 1410. The molecular formula is C27H25F2N5O5. The number of nitrogens with zero attached hydrogens (tertiary/aromatic N) is 2. The zero-order valence-corrected chi connectivity index (χ0v) is 20.6. The van der Waals surface area contributed by atoms with Gasteiger partial charge in [-0.25, -0.2) is 18.6 Å². The SMILES string of the molecule is O=C(Nc1cc(Oc2ccc(NC(=O)C3(C(=O)Nc4ccc(F)cc4)CC3)c(F)c2)ccn1)N1CCC(O)C1. The van der Waals surface area contributed by atoms with Crippen molar-refractivity contribution in [1.82, 2.24) is 9.88 Å². The Kier molecular flexibility index (Phi) is 7.11. The number of aliphatic hydroxyl groups is 1. The average Bonchev–Trinajstić information content (AvgIpc) is 3.61. The molecule has 39 heavy (non-hydrogen) atoms. The van der Waals surface area contributed by atoms with Crippen molar-refractivity contribution in [2.75, 3.05) is 29.0 Å². The van der Waals surface area contributed by atoms with Crippen LogP contribution in [0.1, 0.15) is 19.3 Å². The number of hydrogen-bond donors (Lipinski definition) is 4. The van der Waals surface area contributed by atoms with E-state index < -0.39 is 41.0 Å². The molecule has 1 unspecified atom stereocenters. The zero-order valence-electron chi connectivity index (χ0n) is 20.6.